The van der Waals surface area contributed by atoms with E-state index in [2.05, 4.69) is 20.7 Å². The molecule has 0 aliphatic carbocycles. The fraction of sp³-hybridized carbons (Fsp3) is 0.167. The molecule has 0 aliphatic heterocycles. The van der Waals surface area contributed by atoms with Crippen molar-refractivity contribution in [2.45, 2.75) is 12.7 Å². The molecule has 0 fully saturated rings. The number of anilines is 2. The number of aryl methyl sites for hydroxylation is 1. The summed E-state index contributed by atoms with van der Waals surface area (Å²) in [6.45, 7) is -0.0183. The summed E-state index contributed by atoms with van der Waals surface area (Å²) in [6.07, 6.45) is -1.33. The largest absolute Gasteiger partial charge is 0.416 e. The number of pyridine rings is 1. The van der Waals surface area contributed by atoms with Crippen LogP contribution in [0.1, 0.15) is 21.5 Å². The molecule has 140 valence electrons. The van der Waals surface area contributed by atoms with E-state index in [-0.39, 0.29) is 6.54 Å². The molecule has 3 rings (SSSR count). The van der Waals surface area contributed by atoms with Gasteiger partial charge >= 0.3 is 6.18 Å². The summed E-state index contributed by atoms with van der Waals surface area (Å²) >= 11 is 0. The van der Waals surface area contributed by atoms with Crippen LogP contribution in [0.15, 0.2) is 54.9 Å². The molecule has 0 bridgehead atoms. The molecule has 0 radical (unpaired) electrons. The predicted octanol–water partition coefficient (Wildman–Crippen LogP) is 3.51. The van der Waals surface area contributed by atoms with Gasteiger partial charge in [0.1, 0.15) is 11.6 Å². The van der Waals surface area contributed by atoms with Gasteiger partial charge in [-0.1, -0.05) is 12.1 Å². The fourth-order valence-electron chi connectivity index (χ4n) is 2.41. The molecule has 0 spiro atoms. The Labute approximate surface area is 153 Å². The Balaban J connectivity index is 1.66. The second-order valence-corrected chi connectivity index (χ2v) is 5.78. The highest BCUT2D eigenvalue weighted by Gasteiger charge is 2.30. The second-order valence-electron chi connectivity index (χ2n) is 5.78. The first-order chi connectivity index (χ1) is 12.8. The number of nitrogens with one attached hydrogen (secondary N) is 2. The number of rotatable bonds is 5. The van der Waals surface area contributed by atoms with E-state index in [1.165, 1.54) is 24.4 Å². The fourth-order valence-corrected chi connectivity index (χ4v) is 2.41. The average Bonchev–Trinajstić information content (AvgIpc) is 3.04. The lowest BCUT2D eigenvalue weighted by molar-refractivity contribution is -0.137. The maximum atomic E-state index is 12.8. The Kier molecular flexibility index (Phi) is 5.11. The minimum atomic E-state index is -4.42. The number of alkyl halides is 3. The van der Waals surface area contributed by atoms with E-state index in [9.17, 15) is 18.0 Å². The summed E-state index contributed by atoms with van der Waals surface area (Å²) in [5.41, 5.74) is -0.0528. The Bertz CT molecular complexity index is 952. The Morgan fingerprint density at radius 3 is 2.67 bits per heavy atom. The zero-order valence-electron chi connectivity index (χ0n) is 14.3. The molecule has 0 aliphatic rings. The van der Waals surface area contributed by atoms with Gasteiger partial charge in [0.15, 0.2) is 0 Å². The van der Waals surface area contributed by atoms with E-state index in [0.29, 0.717) is 22.8 Å². The smallest absolute Gasteiger partial charge is 0.348 e. The molecule has 2 heterocycles. The highest BCUT2D eigenvalue weighted by molar-refractivity contribution is 5.94. The molecule has 0 unspecified atom stereocenters. The second kappa shape index (κ2) is 7.48. The van der Waals surface area contributed by atoms with Crippen LogP contribution in [0.3, 0.4) is 0 Å². The van der Waals surface area contributed by atoms with Gasteiger partial charge in [-0.05, 0) is 29.8 Å². The third kappa shape index (κ3) is 4.63. The number of hydrogen-bond donors (Lipinski definition) is 2. The molecule has 2 aromatic heterocycles. The maximum Gasteiger partial charge on any atom is 0.416 e. The summed E-state index contributed by atoms with van der Waals surface area (Å²) in [4.78, 5) is 16.5. The van der Waals surface area contributed by atoms with Crippen molar-refractivity contribution < 1.29 is 18.0 Å². The molecule has 1 amide bonds. The third-order valence-electron chi connectivity index (χ3n) is 3.81. The van der Waals surface area contributed by atoms with Gasteiger partial charge in [-0.3, -0.25) is 9.48 Å². The van der Waals surface area contributed by atoms with Crippen molar-refractivity contribution >= 4 is 17.5 Å². The van der Waals surface area contributed by atoms with Crippen molar-refractivity contribution in [2.24, 2.45) is 7.05 Å². The number of benzene rings is 1. The van der Waals surface area contributed by atoms with Crippen LogP contribution in [0, 0.1) is 0 Å². The first-order valence-corrected chi connectivity index (χ1v) is 7.98. The first kappa shape index (κ1) is 18.4. The number of halogens is 3. The zero-order valence-corrected chi connectivity index (χ0v) is 14.3. The molecule has 0 saturated heterocycles. The van der Waals surface area contributed by atoms with Gasteiger partial charge in [-0.15, -0.1) is 0 Å². The van der Waals surface area contributed by atoms with Gasteiger partial charge in [0, 0.05) is 31.4 Å². The lowest BCUT2D eigenvalue weighted by Gasteiger charge is -2.10. The normalized spacial score (nSPS) is 11.3. The van der Waals surface area contributed by atoms with E-state index in [4.69, 9.17) is 0 Å². The van der Waals surface area contributed by atoms with E-state index in [1.54, 1.807) is 30.1 Å². The highest BCUT2D eigenvalue weighted by atomic mass is 19.4. The van der Waals surface area contributed by atoms with Gasteiger partial charge < -0.3 is 10.6 Å². The van der Waals surface area contributed by atoms with Crippen molar-refractivity contribution in [3.63, 3.8) is 0 Å². The molecule has 9 heteroatoms. The number of carbonyl (C=O) groups is 1. The van der Waals surface area contributed by atoms with Crippen LogP contribution in [0.2, 0.25) is 0 Å². The van der Waals surface area contributed by atoms with E-state index >= 15 is 0 Å². The van der Waals surface area contributed by atoms with Crippen LogP contribution in [-0.4, -0.2) is 20.7 Å². The topological polar surface area (TPSA) is 71.8 Å². The third-order valence-corrected chi connectivity index (χ3v) is 3.81. The molecule has 2 N–H and O–H groups in total. The molecular formula is C18H16F3N5O. The van der Waals surface area contributed by atoms with Crippen molar-refractivity contribution in [1.29, 1.82) is 0 Å². The maximum absolute atomic E-state index is 12.8. The molecule has 1 aromatic carbocycles. The van der Waals surface area contributed by atoms with Crippen LogP contribution < -0.4 is 10.6 Å². The molecule has 6 nitrogen and oxygen atoms in total. The Morgan fingerprint density at radius 1 is 1.15 bits per heavy atom. The van der Waals surface area contributed by atoms with Crippen LogP contribution in [0.5, 0.6) is 0 Å². The molecule has 0 saturated carbocycles. The molecule has 27 heavy (non-hydrogen) atoms. The lowest BCUT2D eigenvalue weighted by Crippen LogP contribution is -2.23. The Hall–Kier alpha value is -3.36. The van der Waals surface area contributed by atoms with Crippen LogP contribution in [0.4, 0.5) is 24.8 Å². The predicted molar refractivity (Wildman–Crippen MR) is 93.3 cm³/mol. The van der Waals surface area contributed by atoms with E-state index < -0.39 is 17.6 Å². The van der Waals surface area contributed by atoms with Crippen molar-refractivity contribution in [1.82, 2.24) is 20.1 Å². The van der Waals surface area contributed by atoms with Gasteiger partial charge in [0.05, 0.1) is 11.8 Å². The van der Waals surface area contributed by atoms with Crippen LogP contribution in [-0.2, 0) is 19.8 Å². The lowest BCUT2D eigenvalue weighted by atomic mass is 10.1. The van der Waals surface area contributed by atoms with Gasteiger partial charge in [-0.2, -0.15) is 18.3 Å². The summed E-state index contributed by atoms with van der Waals surface area (Å²) in [7, 11) is 1.76. The minimum absolute atomic E-state index is 0.0183. The van der Waals surface area contributed by atoms with Gasteiger partial charge in [0.2, 0.25) is 0 Å². The van der Waals surface area contributed by atoms with Crippen LogP contribution in [0.25, 0.3) is 0 Å². The number of nitrogens with zero attached hydrogens (tertiary/aromatic N) is 3. The monoisotopic (exact) mass is 375 g/mol. The number of amides is 1. The zero-order chi connectivity index (χ0) is 19.4. The number of hydrogen-bond acceptors (Lipinski definition) is 4. The summed E-state index contributed by atoms with van der Waals surface area (Å²) in [5.74, 6) is 0.734. The SMILES string of the molecule is Cn1nccc1Nc1cc(C(=O)NCc2cccc(C(F)(F)F)c2)ccn1. The van der Waals surface area contributed by atoms with Crippen molar-refractivity contribution in [2.75, 3.05) is 5.32 Å². The molecular weight excluding hydrogens is 359 g/mol. The van der Waals surface area contributed by atoms with Gasteiger partial charge in [-0.25, -0.2) is 4.98 Å². The van der Waals surface area contributed by atoms with Crippen LogP contribution >= 0.6 is 0 Å². The van der Waals surface area contributed by atoms with E-state index in [1.807, 2.05) is 0 Å². The first-order valence-electron chi connectivity index (χ1n) is 7.98. The standard InChI is InChI=1S/C18H16F3N5O/c1-26-16(6-8-24-26)25-15-10-13(5-7-22-15)17(27)23-11-12-3-2-4-14(9-12)18(19,20)21/h2-10H,11H2,1H3,(H,22,25)(H,23,27). The molecule has 3 aromatic rings. The Morgan fingerprint density at radius 2 is 1.96 bits per heavy atom. The minimum Gasteiger partial charge on any atom is -0.348 e. The summed E-state index contributed by atoms with van der Waals surface area (Å²) in [5, 5.41) is 9.67. The average molecular weight is 375 g/mol. The number of aromatic nitrogens is 3. The van der Waals surface area contributed by atoms with Gasteiger partial charge in [0.25, 0.3) is 5.91 Å². The summed E-state index contributed by atoms with van der Waals surface area (Å²) < 4.78 is 39.9. The van der Waals surface area contributed by atoms with Crippen molar-refractivity contribution in [3.8, 4) is 0 Å². The quantitative estimate of drug-likeness (QED) is 0.716. The van der Waals surface area contributed by atoms with E-state index in [0.717, 1.165) is 12.1 Å². The van der Waals surface area contributed by atoms with Crippen molar-refractivity contribution in [3.05, 3.63) is 71.5 Å². The molecule has 0 atom stereocenters. The highest BCUT2D eigenvalue weighted by Crippen LogP contribution is 2.29. The summed E-state index contributed by atoms with van der Waals surface area (Å²) in [6, 6.07) is 9.67. The number of carbonyl (C=O) groups excluding carboxylic acids is 1.